The third-order valence-corrected chi connectivity index (χ3v) is 8.56. The first kappa shape index (κ1) is 20.9. The molecule has 170 valence electrons. The van der Waals surface area contributed by atoms with E-state index in [2.05, 4.69) is 43.6 Å². The van der Waals surface area contributed by atoms with E-state index in [0.717, 1.165) is 72.2 Å². The molecule has 1 aromatic heterocycles. The first-order chi connectivity index (χ1) is 15.8. The van der Waals surface area contributed by atoms with E-state index in [1.54, 1.807) is 6.20 Å². The molecule has 0 bridgehead atoms. The number of piperidine rings is 1. The number of anilines is 3. The topological polar surface area (TPSA) is 52.7 Å². The lowest BCUT2D eigenvalue weighted by molar-refractivity contribution is 0.113. The molecule has 3 saturated heterocycles. The molecule has 4 aliphatic heterocycles. The van der Waals surface area contributed by atoms with Gasteiger partial charge in [-0.1, -0.05) is 17.7 Å². The van der Waals surface area contributed by atoms with Gasteiger partial charge < -0.3 is 20.3 Å². The van der Waals surface area contributed by atoms with Crippen LogP contribution in [0.3, 0.4) is 0 Å². The fourth-order valence-corrected chi connectivity index (χ4v) is 6.51. The number of hydrogen-bond donors (Lipinski definition) is 2. The molecule has 5 heterocycles. The monoisotopic (exact) mass is 471 g/mol. The Morgan fingerprint density at radius 2 is 1.91 bits per heavy atom. The molecule has 1 aromatic carbocycles. The van der Waals surface area contributed by atoms with Gasteiger partial charge in [-0.25, -0.2) is 4.98 Å². The highest BCUT2D eigenvalue weighted by Gasteiger charge is 2.30. The van der Waals surface area contributed by atoms with E-state index < -0.39 is 0 Å². The Hall–Kier alpha value is -1.67. The minimum atomic E-state index is 0.481. The Labute approximate surface area is 199 Å². The number of aromatic nitrogens is 1. The number of ether oxygens (including phenoxy) is 1. The summed E-state index contributed by atoms with van der Waals surface area (Å²) in [5, 5.41) is 7.69. The number of rotatable bonds is 3. The summed E-state index contributed by atoms with van der Waals surface area (Å²) in [6.07, 6.45) is 4.22. The molecule has 0 saturated carbocycles. The maximum Gasteiger partial charge on any atom is 0.143 e. The van der Waals surface area contributed by atoms with Crippen molar-refractivity contribution in [3.63, 3.8) is 0 Å². The van der Waals surface area contributed by atoms with Gasteiger partial charge in [0, 0.05) is 43.7 Å². The van der Waals surface area contributed by atoms with Gasteiger partial charge in [-0.15, -0.1) is 0 Å². The number of halogens is 1. The molecule has 0 atom stereocenters. The van der Waals surface area contributed by atoms with Crippen LogP contribution < -0.4 is 20.3 Å². The Bertz CT molecular complexity index is 987. The van der Waals surface area contributed by atoms with Crippen LogP contribution >= 0.6 is 23.4 Å². The Morgan fingerprint density at radius 1 is 1.09 bits per heavy atom. The van der Waals surface area contributed by atoms with Crippen LogP contribution in [0.5, 0.6) is 5.75 Å². The van der Waals surface area contributed by atoms with Crippen molar-refractivity contribution in [2.75, 3.05) is 61.0 Å². The van der Waals surface area contributed by atoms with E-state index in [-0.39, 0.29) is 0 Å². The van der Waals surface area contributed by atoms with Gasteiger partial charge >= 0.3 is 0 Å². The zero-order valence-electron chi connectivity index (χ0n) is 18.3. The first-order valence-corrected chi connectivity index (χ1v) is 13.3. The molecule has 0 radical (unpaired) electrons. The predicted molar refractivity (Wildman–Crippen MR) is 133 cm³/mol. The average Bonchev–Trinajstić information content (AvgIpc) is 2.98. The van der Waals surface area contributed by atoms with Gasteiger partial charge in [0.15, 0.2) is 0 Å². The molecular formula is C24H30ClN5OS. The molecule has 32 heavy (non-hydrogen) atoms. The van der Waals surface area contributed by atoms with E-state index in [1.165, 1.54) is 31.5 Å². The summed E-state index contributed by atoms with van der Waals surface area (Å²) < 4.78 is 6.27. The van der Waals surface area contributed by atoms with Gasteiger partial charge in [-0.3, -0.25) is 4.90 Å². The standard InChI is InChI=1S/C24H30ClN5OS/c25-20-14-27-24-19(23(20)30-7-9-32-10-8-30)15-31-22-2-1-17(11-21(22)28-24)16-3-5-29(6-4-16)18-12-26-13-18/h1-2,11,14,16,18,26H,3-10,12-13,15H2,(H,27,28). The second kappa shape index (κ2) is 8.93. The van der Waals surface area contributed by atoms with Crippen molar-refractivity contribution in [1.82, 2.24) is 15.2 Å². The molecule has 0 aliphatic carbocycles. The van der Waals surface area contributed by atoms with Crippen molar-refractivity contribution in [3.05, 3.63) is 40.5 Å². The average molecular weight is 472 g/mol. The fourth-order valence-electron chi connectivity index (χ4n) is 5.32. The third kappa shape index (κ3) is 3.94. The van der Waals surface area contributed by atoms with Crippen LogP contribution in [-0.2, 0) is 6.61 Å². The minimum absolute atomic E-state index is 0.481. The van der Waals surface area contributed by atoms with Gasteiger partial charge in [0.1, 0.15) is 18.2 Å². The van der Waals surface area contributed by atoms with Crippen LogP contribution in [0.4, 0.5) is 17.2 Å². The highest BCUT2D eigenvalue weighted by molar-refractivity contribution is 7.99. The summed E-state index contributed by atoms with van der Waals surface area (Å²) in [6.45, 7) is 7.19. The number of thioether (sulfide) groups is 1. The molecule has 2 aromatic rings. The first-order valence-electron chi connectivity index (χ1n) is 11.7. The lowest BCUT2D eigenvalue weighted by atomic mass is 9.88. The number of hydrogen-bond acceptors (Lipinski definition) is 7. The molecular weight excluding hydrogens is 442 g/mol. The molecule has 6 rings (SSSR count). The molecule has 8 heteroatoms. The number of fused-ring (bicyclic) bond motifs is 2. The SMILES string of the molecule is Clc1cnc2c(c1N1CCSCC1)COc1ccc(C3CCN(C4CNC4)CC3)cc1N2. The quantitative estimate of drug-likeness (QED) is 0.699. The van der Waals surface area contributed by atoms with Crippen molar-refractivity contribution in [1.29, 1.82) is 0 Å². The number of nitrogens with one attached hydrogen (secondary N) is 2. The molecule has 0 spiro atoms. The van der Waals surface area contributed by atoms with Crippen LogP contribution in [0.2, 0.25) is 5.02 Å². The highest BCUT2D eigenvalue weighted by Crippen LogP contribution is 2.42. The van der Waals surface area contributed by atoms with Crippen LogP contribution in [0.25, 0.3) is 0 Å². The summed E-state index contributed by atoms with van der Waals surface area (Å²) in [6, 6.07) is 7.42. The number of likely N-dealkylation sites (tertiary alicyclic amines) is 1. The zero-order valence-corrected chi connectivity index (χ0v) is 19.9. The van der Waals surface area contributed by atoms with E-state index in [9.17, 15) is 0 Å². The van der Waals surface area contributed by atoms with E-state index in [0.29, 0.717) is 17.5 Å². The van der Waals surface area contributed by atoms with Crippen molar-refractivity contribution < 1.29 is 4.74 Å². The molecule has 0 unspecified atom stereocenters. The second-order valence-electron chi connectivity index (χ2n) is 9.17. The Balaban J connectivity index is 1.23. The van der Waals surface area contributed by atoms with Gasteiger partial charge in [-0.05, 0) is 49.5 Å². The zero-order chi connectivity index (χ0) is 21.5. The lowest BCUT2D eigenvalue weighted by Crippen LogP contribution is -2.58. The van der Waals surface area contributed by atoms with Gasteiger partial charge in [-0.2, -0.15) is 11.8 Å². The molecule has 4 aliphatic rings. The predicted octanol–water partition coefficient (Wildman–Crippen LogP) is 4.08. The second-order valence-corrected chi connectivity index (χ2v) is 10.8. The van der Waals surface area contributed by atoms with Crippen LogP contribution in [-0.4, -0.2) is 66.7 Å². The molecule has 0 amide bonds. The maximum atomic E-state index is 6.63. The summed E-state index contributed by atoms with van der Waals surface area (Å²) >= 11 is 8.63. The van der Waals surface area contributed by atoms with Crippen molar-refractivity contribution in [2.24, 2.45) is 0 Å². The minimum Gasteiger partial charge on any atom is -0.487 e. The van der Waals surface area contributed by atoms with Crippen molar-refractivity contribution in [2.45, 2.75) is 31.4 Å². The van der Waals surface area contributed by atoms with Crippen molar-refractivity contribution in [3.8, 4) is 5.75 Å². The Morgan fingerprint density at radius 3 is 2.66 bits per heavy atom. The maximum absolute atomic E-state index is 6.63. The van der Waals surface area contributed by atoms with Gasteiger partial charge in [0.05, 0.1) is 28.2 Å². The number of pyridine rings is 1. The summed E-state index contributed by atoms with van der Waals surface area (Å²) in [7, 11) is 0. The Kier molecular flexibility index (Phi) is 5.84. The molecule has 3 fully saturated rings. The summed E-state index contributed by atoms with van der Waals surface area (Å²) in [4.78, 5) is 9.69. The van der Waals surface area contributed by atoms with Crippen LogP contribution in [0, 0.1) is 0 Å². The fraction of sp³-hybridized carbons (Fsp3) is 0.542. The summed E-state index contributed by atoms with van der Waals surface area (Å²) in [5.41, 5.74) is 4.55. The third-order valence-electron chi connectivity index (χ3n) is 7.34. The largest absolute Gasteiger partial charge is 0.487 e. The van der Waals surface area contributed by atoms with Gasteiger partial charge in [0.2, 0.25) is 0 Å². The number of nitrogens with zero attached hydrogens (tertiary/aromatic N) is 3. The highest BCUT2D eigenvalue weighted by atomic mass is 35.5. The van der Waals surface area contributed by atoms with E-state index in [4.69, 9.17) is 16.3 Å². The van der Waals surface area contributed by atoms with Crippen LogP contribution in [0.1, 0.15) is 29.9 Å². The summed E-state index contributed by atoms with van der Waals surface area (Å²) in [5.74, 6) is 4.61. The van der Waals surface area contributed by atoms with Gasteiger partial charge in [0.25, 0.3) is 0 Å². The lowest BCUT2D eigenvalue weighted by Gasteiger charge is -2.42. The molecule has 6 nitrogen and oxygen atoms in total. The van der Waals surface area contributed by atoms with E-state index >= 15 is 0 Å². The normalized spacial score (nSPS) is 22.2. The molecule has 2 N–H and O–H groups in total. The van der Waals surface area contributed by atoms with E-state index in [1.807, 2.05) is 11.8 Å². The van der Waals surface area contributed by atoms with Crippen molar-refractivity contribution >= 4 is 40.6 Å². The smallest absolute Gasteiger partial charge is 0.143 e. The number of benzene rings is 1. The van der Waals surface area contributed by atoms with Crippen LogP contribution in [0.15, 0.2) is 24.4 Å².